The van der Waals surface area contributed by atoms with Gasteiger partial charge in [0.15, 0.2) is 0 Å². The molecule has 1 amide bonds. The molecule has 1 aromatic heterocycles. The van der Waals surface area contributed by atoms with E-state index in [1.54, 1.807) is 29.4 Å². The monoisotopic (exact) mass is 651 g/mol. The van der Waals surface area contributed by atoms with Crippen molar-refractivity contribution in [2.75, 3.05) is 57.4 Å². The summed E-state index contributed by atoms with van der Waals surface area (Å²) in [4.78, 5) is 27.2. The van der Waals surface area contributed by atoms with Crippen LogP contribution in [0.15, 0.2) is 30.6 Å². The lowest BCUT2D eigenvalue weighted by molar-refractivity contribution is -0.173. The largest absolute Gasteiger partial charge is 0.493 e. The lowest BCUT2D eigenvalue weighted by Crippen LogP contribution is -2.78. The number of anilines is 1. The molecule has 4 atom stereocenters. The Morgan fingerprint density at radius 2 is 1.76 bits per heavy atom. The minimum absolute atomic E-state index is 0.0491. The van der Waals surface area contributed by atoms with E-state index < -0.39 is 36.8 Å². The molecular formula is C31H43ClFN5O7. The Morgan fingerprint density at radius 3 is 2.38 bits per heavy atom. The molecule has 5 rings (SSSR count). The van der Waals surface area contributed by atoms with E-state index in [1.807, 2.05) is 4.90 Å². The van der Waals surface area contributed by atoms with Crippen LogP contribution in [0.4, 0.5) is 10.3 Å². The number of halogens is 2. The van der Waals surface area contributed by atoms with Gasteiger partial charge in [0.05, 0.1) is 48.7 Å². The number of aliphatic hydroxyl groups is 5. The van der Waals surface area contributed by atoms with Crippen LogP contribution < -0.4 is 9.64 Å². The van der Waals surface area contributed by atoms with Gasteiger partial charge in [-0.05, 0) is 49.7 Å². The molecule has 4 heterocycles. The molecule has 248 valence electrons. The van der Waals surface area contributed by atoms with E-state index in [0.29, 0.717) is 54.4 Å². The van der Waals surface area contributed by atoms with Crippen molar-refractivity contribution >= 4 is 23.5 Å². The summed E-state index contributed by atoms with van der Waals surface area (Å²) in [6, 6.07) is 4.61. The van der Waals surface area contributed by atoms with Crippen molar-refractivity contribution < 1.29 is 39.5 Å². The van der Waals surface area contributed by atoms with Gasteiger partial charge in [0, 0.05) is 45.3 Å². The van der Waals surface area contributed by atoms with Crippen molar-refractivity contribution in [3.8, 4) is 5.75 Å². The number of aromatic nitrogens is 2. The highest BCUT2D eigenvalue weighted by molar-refractivity contribution is 6.30. The van der Waals surface area contributed by atoms with Gasteiger partial charge in [-0.3, -0.25) is 9.69 Å². The highest BCUT2D eigenvalue weighted by Crippen LogP contribution is 2.39. The molecular weight excluding hydrogens is 609 g/mol. The van der Waals surface area contributed by atoms with Crippen molar-refractivity contribution in [1.29, 1.82) is 0 Å². The molecule has 14 heteroatoms. The van der Waals surface area contributed by atoms with E-state index in [2.05, 4.69) is 14.9 Å². The van der Waals surface area contributed by atoms with Crippen LogP contribution in [0.5, 0.6) is 5.75 Å². The zero-order valence-corrected chi connectivity index (χ0v) is 26.0. The SMILES string of the molecule is O=C(Cc1ccc(OCCCC2CCN(c3ncc(Cl)cn3)CC2)cc1F)N1CC2(CCN2CC(O)C(O)C(O)C(O)CO)C1. The van der Waals surface area contributed by atoms with Crippen molar-refractivity contribution in [3.63, 3.8) is 0 Å². The van der Waals surface area contributed by atoms with Crippen LogP contribution in [0.25, 0.3) is 0 Å². The fourth-order valence-corrected chi connectivity index (χ4v) is 6.55. The normalized spacial score (nSPS) is 21.1. The molecule has 4 unspecified atom stereocenters. The molecule has 5 N–H and O–H groups in total. The Labute approximate surface area is 267 Å². The summed E-state index contributed by atoms with van der Waals surface area (Å²) >= 11 is 5.88. The minimum Gasteiger partial charge on any atom is -0.493 e. The first-order chi connectivity index (χ1) is 21.6. The molecule has 3 fully saturated rings. The predicted molar refractivity (Wildman–Crippen MR) is 163 cm³/mol. The number of carbonyl (C=O) groups excluding carboxylic acids is 1. The number of aliphatic hydroxyl groups excluding tert-OH is 5. The van der Waals surface area contributed by atoms with Gasteiger partial charge in [-0.15, -0.1) is 0 Å². The first-order valence-electron chi connectivity index (χ1n) is 15.6. The maximum Gasteiger partial charge on any atom is 0.227 e. The molecule has 3 aliphatic heterocycles. The third-order valence-corrected chi connectivity index (χ3v) is 9.66. The zero-order valence-electron chi connectivity index (χ0n) is 25.2. The van der Waals surface area contributed by atoms with Crippen molar-refractivity contribution in [2.45, 2.75) is 68.5 Å². The topological polar surface area (TPSA) is 163 Å². The van der Waals surface area contributed by atoms with E-state index >= 15 is 0 Å². The van der Waals surface area contributed by atoms with Gasteiger partial charge in [0.25, 0.3) is 0 Å². The van der Waals surface area contributed by atoms with Gasteiger partial charge in [-0.25, -0.2) is 14.4 Å². The second-order valence-electron chi connectivity index (χ2n) is 12.5. The van der Waals surface area contributed by atoms with E-state index in [1.165, 1.54) is 6.07 Å². The average Bonchev–Trinajstić information content (AvgIpc) is 3.01. The molecule has 45 heavy (non-hydrogen) atoms. The van der Waals surface area contributed by atoms with Crippen LogP contribution in [0.1, 0.15) is 37.7 Å². The number of piperidine rings is 1. The van der Waals surface area contributed by atoms with Crippen molar-refractivity contribution in [1.82, 2.24) is 19.8 Å². The molecule has 0 saturated carbocycles. The van der Waals surface area contributed by atoms with Crippen LogP contribution in [0.3, 0.4) is 0 Å². The second kappa shape index (κ2) is 14.8. The summed E-state index contributed by atoms with van der Waals surface area (Å²) in [5.74, 6) is 1.04. The predicted octanol–water partition coefficient (Wildman–Crippen LogP) is 0.610. The lowest BCUT2D eigenvalue weighted by atomic mass is 9.76. The first-order valence-corrected chi connectivity index (χ1v) is 16.0. The minimum atomic E-state index is -1.68. The Bertz CT molecular complexity index is 1280. The van der Waals surface area contributed by atoms with Gasteiger partial charge in [0.1, 0.15) is 29.9 Å². The van der Waals surface area contributed by atoms with E-state index in [9.17, 15) is 29.6 Å². The van der Waals surface area contributed by atoms with Gasteiger partial charge in [-0.1, -0.05) is 17.7 Å². The summed E-state index contributed by atoms with van der Waals surface area (Å²) in [6.45, 7) is 3.08. The zero-order chi connectivity index (χ0) is 32.1. The van der Waals surface area contributed by atoms with Crippen molar-refractivity contribution in [2.24, 2.45) is 5.92 Å². The van der Waals surface area contributed by atoms with Crippen LogP contribution >= 0.6 is 11.6 Å². The molecule has 2 aromatic rings. The highest BCUT2D eigenvalue weighted by atomic mass is 35.5. The number of carbonyl (C=O) groups is 1. The number of ether oxygens (including phenoxy) is 1. The van der Waals surface area contributed by atoms with Gasteiger partial charge in [-0.2, -0.15) is 0 Å². The standard InChI is InChI=1S/C31H43ClFN5O7/c32-22-14-34-30(35-15-22)36-8-5-20(6-9-36)2-1-11-45-23-4-3-21(24(33)13-23)12-27(42)37-18-31(19-37)7-10-38(31)16-25(40)28(43)29(44)26(41)17-39/h3-4,13-15,20,25-26,28-29,39-41,43-44H,1-2,5-12,16-19H2. The Balaban J connectivity index is 0.994. The molecule has 1 spiro atoms. The fourth-order valence-electron chi connectivity index (χ4n) is 6.46. The highest BCUT2D eigenvalue weighted by Gasteiger charge is 2.55. The van der Waals surface area contributed by atoms with Crippen molar-refractivity contribution in [3.05, 3.63) is 47.0 Å². The molecule has 3 aliphatic rings. The maximum absolute atomic E-state index is 14.9. The van der Waals surface area contributed by atoms with Gasteiger partial charge >= 0.3 is 0 Å². The first kappa shape index (κ1) is 33.7. The van der Waals surface area contributed by atoms with E-state index in [0.717, 1.165) is 45.2 Å². The summed E-state index contributed by atoms with van der Waals surface area (Å²) < 4.78 is 20.7. The van der Waals surface area contributed by atoms with Crippen LogP contribution in [0.2, 0.25) is 5.02 Å². The number of β-amino-alcohol motifs (C(OH)–C–C–N with tert-alkyl or cyclic N) is 1. The van der Waals surface area contributed by atoms with Gasteiger partial charge in [0.2, 0.25) is 11.9 Å². The molecule has 0 aliphatic carbocycles. The van der Waals surface area contributed by atoms with E-state index in [-0.39, 0.29) is 24.4 Å². The summed E-state index contributed by atoms with van der Waals surface area (Å²) in [7, 11) is 0. The molecule has 0 radical (unpaired) electrons. The molecule has 3 saturated heterocycles. The number of benzene rings is 1. The smallest absolute Gasteiger partial charge is 0.227 e. The van der Waals surface area contributed by atoms with Crippen LogP contribution in [0, 0.1) is 11.7 Å². The second-order valence-corrected chi connectivity index (χ2v) is 13.0. The van der Waals surface area contributed by atoms with Crippen LogP contribution in [-0.4, -0.2) is 134 Å². The number of rotatable bonds is 14. The van der Waals surface area contributed by atoms with Crippen LogP contribution in [-0.2, 0) is 11.2 Å². The quantitative estimate of drug-likeness (QED) is 0.182. The Kier molecular flexibility index (Phi) is 11.1. The fraction of sp³-hybridized carbons (Fsp3) is 0.645. The summed E-state index contributed by atoms with van der Waals surface area (Å²) in [5.41, 5.74) is -0.0277. The maximum atomic E-state index is 14.9. The van der Waals surface area contributed by atoms with Gasteiger partial charge < -0.3 is 40.1 Å². The Morgan fingerprint density at radius 1 is 1.07 bits per heavy atom. The summed E-state index contributed by atoms with van der Waals surface area (Å²) in [5, 5.41) is 49.3. The number of likely N-dealkylation sites (tertiary alicyclic amines) is 2. The molecule has 12 nitrogen and oxygen atoms in total. The third-order valence-electron chi connectivity index (χ3n) is 9.47. The Hall–Kier alpha value is -2.65. The number of hydrogen-bond donors (Lipinski definition) is 5. The molecule has 0 bridgehead atoms. The number of hydrogen-bond acceptors (Lipinski definition) is 11. The number of amides is 1. The number of nitrogens with zero attached hydrogens (tertiary/aromatic N) is 5. The average molecular weight is 652 g/mol. The third kappa shape index (κ3) is 8.02. The lowest BCUT2D eigenvalue weighted by Gasteiger charge is -2.63. The van der Waals surface area contributed by atoms with E-state index in [4.69, 9.17) is 21.4 Å². The summed E-state index contributed by atoms with van der Waals surface area (Å²) in [6.07, 6.45) is 1.72. The molecule has 1 aromatic carbocycles.